The van der Waals surface area contributed by atoms with E-state index in [4.69, 9.17) is 0 Å². The average Bonchev–Trinajstić information content (AvgIpc) is 3.11. The fraction of sp³-hybridized carbons (Fsp3) is 0.450. The van der Waals surface area contributed by atoms with Gasteiger partial charge in [0.1, 0.15) is 11.6 Å². The van der Waals surface area contributed by atoms with Crippen LogP contribution >= 0.6 is 0 Å². The molecule has 1 amide bonds. The minimum atomic E-state index is -0.293. The van der Waals surface area contributed by atoms with Crippen LogP contribution in [-0.2, 0) is 11.2 Å². The molecule has 26 heavy (non-hydrogen) atoms. The summed E-state index contributed by atoms with van der Waals surface area (Å²) >= 11 is 0. The second-order valence-corrected chi connectivity index (χ2v) is 7.03. The lowest BCUT2D eigenvalue weighted by Gasteiger charge is -2.25. The lowest BCUT2D eigenvalue weighted by molar-refractivity contribution is -0.121. The van der Waals surface area contributed by atoms with Crippen LogP contribution in [0.1, 0.15) is 54.4 Å². The maximum Gasteiger partial charge on any atom is 0.254 e. The van der Waals surface area contributed by atoms with Crippen LogP contribution in [-0.4, -0.2) is 15.9 Å². The maximum absolute atomic E-state index is 13.3. The zero-order valence-corrected chi connectivity index (χ0v) is 15.1. The Kier molecular flexibility index (Phi) is 5.49. The second-order valence-electron chi connectivity index (χ2n) is 7.03. The van der Waals surface area contributed by atoms with Crippen molar-refractivity contribution in [1.82, 2.24) is 15.3 Å². The van der Waals surface area contributed by atoms with E-state index < -0.39 is 0 Å². The highest BCUT2D eigenvalue weighted by Crippen LogP contribution is 2.35. The molecule has 2 N–H and O–H groups in total. The van der Waals surface area contributed by atoms with Crippen molar-refractivity contribution >= 4 is 5.91 Å². The number of carbonyl (C=O) groups is 1. The zero-order valence-electron chi connectivity index (χ0n) is 15.1. The van der Waals surface area contributed by atoms with Gasteiger partial charge in [-0.05, 0) is 50.3 Å². The van der Waals surface area contributed by atoms with Gasteiger partial charge >= 0.3 is 0 Å². The fourth-order valence-corrected chi connectivity index (χ4v) is 3.78. The van der Waals surface area contributed by atoms with Crippen molar-refractivity contribution in [2.45, 2.75) is 52.0 Å². The molecule has 5 nitrogen and oxygen atoms in total. The van der Waals surface area contributed by atoms with Crippen molar-refractivity contribution in [3.8, 4) is 0 Å². The predicted molar refractivity (Wildman–Crippen MR) is 97.3 cm³/mol. The van der Waals surface area contributed by atoms with Crippen molar-refractivity contribution < 1.29 is 9.18 Å². The third-order valence-electron chi connectivity index (χ3n) is 5.09. The van der Waals surface area contributed by atoms with E-state index in [9.17, 15) is 14.0 Å². The number of aryl methyl sites for hydroxylation is 2. The van der Waals surface area contributed by atoms with Crippen LogP contribution in [0.15, 0.2) is 29.1 Å². The molecule has 0 aliphatic heterocycles. The molecule has 1 aromatic heterocycles. The Bertz CT molecular complexity index is 839. The quantitative estimate of drug-likeness (QED) is 0.863. The zero-order chi connectivity index (χ0) is 18.7. The van der Waals surface area contributed by atoms with Gasteiger partial charge in [-0.2, -0.15) is 0 Å². The standard InChI is InChI=1S/C20H24FN3O2/c1-12-17(20(26)23-13(2)22-12)11-18(25)24-19(14-5-3-4-6-14)15-7-9-16(21)10-8-15/h7-10,14,19H,3-6,11H2,1-2H3,(H,24,25)(H,22,23,26). The van der Waals surface area contributed by atoms with Gasteiger partial charge in [0.15, 0.2) is 0 Å². The van der Waals surface area contributed by atoms with Gasteiger partial charge in [0.25, 0.3) is 5.56 Å². The largest absolute Gasteiger partial charge is 0.349 e. The molecule has 1 heterocycles. The number of hydrogen-bond acceptors (Lipinski definition) is 3. The lowest BCUT2D eigenvalue weighted by Crippen LogP contribution is -2.35. The summed E-state index contributed by atoms with van der Waals surface area (Å²) in [5, 5.41) is 3.07. The average molecular weight is 357 g/mol. The number of benzene rings is 1. The maximum atomic E-state index is 13.3. The van der Waals surface area contributed by atoms with Gasteiger partial charge in [0, 0.05) is 11.3 Å². The molecule has 138 valence electrons. The van der Waals surface area contributed by atoms with E-state index in [0.717, 1.165) is 31.2 Å². The number of aromatic amines is 1. The van der Waals surface area contributed by atoms with Gasteiger partial charge < -0.3 is 10.3 Å². The molecule has 1 aliphatic carbocycles. The van der Waals surface area contributed by atoms with E-state index in [0.29, 0.717) is 23.0 Å². The number of H-pyrrole nitrogens is 1. The molecule has 1 aromatic carbocycles. The van der Waals surface area contributed by atoms with E-state index in [1.165, 1.54) is 12.1 Å². The molecule has 2 aromatic rings. The van der Waals surface area contributed by atoms with E-state index >= 15 is 0 Å². The SMILES string of the molecule is Cc1nc(C)c(CC(=O)NC(c2ccc(F)cc2)C2CCCC2)c(=O)[nH]1. The summed E-state index contributed by atoms with van der Waals surface area (Å²) in [4.78, 5) is 31.6. The molecule has 3 rings (SSSR count). The predicted octanol–water partition coefficient (Wildman–Crippen LogP) is 3.12. The number of rotatable bonds is 5. The molecule has 0 spiro atoms. The number of halogens is 1. The van der Waals surface area contributed by atoms with Crippen LogP contribution in [0.2, 0.25) is 0 Å². The molecular weight excluding hydrogens is 333 g/mol. The van der Waals surface area contributed by atoms with Crippen LogP contribution in [0.5, 0.6) is 0 Å². The van der Waals surface area contributed by atoms with E-state index in [2.05, 4.69) is 15.3 Å². The van der Waals surface area contributed by atoms with Crippen molar-refractivity contribution in [3.63, 3.8) is 0 Å². The first-order chi connectivity index (χ1) is 12.4. The highest BCUT2D eigenvalue weighted by molar-refractivity contribution is 5.79. The highest BCUT2D eigenvalue weighted by Gasteiger charge is 2.28. The van der Waals surface area contributed by atoms with Gasteiger partial charge in [-0.25, -0.2) is 9.37 Å². The Morgan fingerprint density at radius 3 is 2.54 bits per heavy atom. The van der Waals surface area contributed by atoms with E-state index in [1.807, 2.05) is 0 Å². The molecule has 1 saturated carbocycles. The summed E-state index contributed by atoms with van der Waals surface area (Å²) in [6.07, 6.45) is 4.33. The Hall–Kier alpha value is -2.50. The van der Waals surface area contributed by atoms with Crippen molar-refractivity contribution in [2.24, 2.45) is 5.92 Å². The van der Waals surface area contributed by atoms with Gasteiger partial charge in [-0.1, -0.05) is 25.0 Å². The Balaban J connectivity index is 1.79. The summed E-state index contributed by atoms with van der Waals surface area (Å²) in [6.45, 7) is 3.45. The van der Waals surface area contributed by atoms with E-state index in [1.54, 1.807) is 26.0 Å². The highest BCUT2D eigenvalue weighted by atomic mass is 19.1. The third kappa shape index (κ3) is 4.18. The minimum absolute atomic E-state index is 0.0150. The lowest BCUT2D eigenvalue weighted by atomic mass is 9.91. The first-order valence-corrected chi connectivity index (χ1v) is 9.05. The number of carbonyl (C=O) groups excluding carboxylic acids is 1. The van der Waals surface area contributed by atoms with Gasteiger partial charge in [-0.15, -0.1) is 0 Å². The molecule has 1 atom stereocenters. The number of aromatic nitrogens is 2. The monoisotopic (exact) mass is 357 g/mol. The number of nitrogens with zero attached hydrogens (tertiary/aromatic N) is 1. The van der Waals surface area contributed by atoms with Crippen LogP contribution in [0.4, 0.5) is 4.39 Å². The van der Waals surface area contributed by atoms with Gasteiger partial charge in [0.05, 0.1) is 12.5 Å². The number of amides is 1. The summed E-state index contributed by atoms with van der Waals surface area (Å²) in [5.74, 6) is 0.357. The smallest absolute Gasteiger partial charge is 0.254 e. The minimum Gasteiger partial charge on any atom is -0.349 e. The molecule has 1 unspecified atom stereocenters. The summed E-state index contributed by atoms with van der Waals surface area (Å²) < 4.78 is 13.3. The fourth-order valence-electron chi connectivity index (χ4n) is 3.78. The Morgan fingerprint density at radius 1 is 1.27 bits per heavy atom. The number of hydrogen-bond donors (Lipinski definition) is 2. The summed E-state index contributed by atoms with van der Waals surface area (Å²) in [5.41, 5.74) is 1.58. The number of nitrogens with one attached hydrogen (secondary N) is 2. The van der Waals surface area contributed by atoms with Gasteiger partial charge in [-0.3, -0.25) is 9.59 Å². The van der Waals surface area contributed by atoms with Crippen LogP contribution in [0, 0.1) is 25.6 Å². The molecular formula is C20H24FN3O2. The van der Waals surface area contributed by atoms with Crippen LogP contribution in [0.25, 0.3) is 0 Å². The van der Waals surface area contributed by atoms with Gasteiger partial charge in [0.2, 0.25) is 5.91 Å². The van der Waals surface area contributed by atoms with Crippen LogP contribution < -0.4 is 10.9 Å². The summed E-state index contributed by atoms with van der Waals surface area (Å²) in [6, 6.07) is 6.13. The van der Waals surface area contributed by atoms with Crippen molar-refractivity contribution in [2.75, 3.05) is 0 Å². The second kappa shape index (κ2) is 7.81. The third-order valence-corrected chi connectivity index (χ3v) is 5.09. The Morgan fingerprint density at radius 2 is 1.92 bits per heavy atom. The molecule has 6 heteroatoms. The molecule has 0 saturated heterocycles. The summed E-state index contributed by atoms with van der Waals surface area (Å²) in [7, 11) is 0. The molecule has 0 bridgehead atoms. The van der Waals surface area contributed by atoms with E-state index in [-0.39, 0.29) is 29.7 Å². The molecule has 1 fully saturated rings. The normalized spacial score (nSPS) is 15.8. The molecule has 0 radical (unpaired) electrons. The first-order valence-electron chi connectivity index (χ1n) is 9.05. The molecule has 1 aliphatic rings. The van der Waals surface area contributed by atoms with Crippen molar-refractivity contribution in [1.29, 1.82) is 0 Å². The van der Waals surface area contributed by atoms with Crippen LogP contribution in [0.3, 0.4) is 0 Å². The van der Waals surface area contributed by atoms with Crippen molar-refractivity contribution in [3.05, 3.63) is 63.1 Å². The topological polar surface area (TPSA) is 74.8 Å². The first kappa shape index (κ1) is 18.3. The Labute approximate surface area is 152 Å².